The van der Waals surface area contributed by atoms with E-state index < -0.39 is 0 Å². The van der Waals surface area contributed by atoms with Gasteiger partial charge in [0.25, 0.3) is 0 Å². The maximum atomic E-state index is 0. The molecule has 4 radical (unpaired) electrons. The number of hydrogen-bond donors (Lipinski definition) is 0. The molecule has 0 amide bonds. The maximum Gasteiger partial charge on any atom is 0 e. The Balaban J connectivity index is 0. The first-order valence-electron chi connectivity index (χ1n) is 0. The van der Waals surface area contributed by atoms with Gasteiger partial charge < -0.3 is 0 Å². The first kappa shape index (κ1) is 777. The van der Waals surface area contributed by atoms with Gasteiger partial charge in [-0.25, -0.2) is 0 Å². The summed E-state index contributed by atoms with van der Waals surface area (Å²) in [4.78, 5) is 0. The van der Waals surface area contributed by atoms with Crippen LogP contribution in [-0.4, -0.2) is 0 Å². The topological polar surface area (TPSA) is 0 Å². The summed E-state index contributed by atoms with van der Waals surface area (Å²) in [5, 5.41) is 0. The molecule has 0 saturated carbocycles. The fourth-order valence-electron chi connectivity index (χ4n) is 0. The average Bonchev–Trinajstić information content (AvgIpc) is 0. The molecule has 0 aliphatic heterocycles. The number of rotatable bonds is 0. The Morgan fingerprint density at radius 2 is 0.216 bits per heavy atom. The van der Waals surface area contributed by atoms with Gasteiger partial charge in [-0.1, -0.05) is 89.1 Å². The number of hydrogen-bond acceptors (Lipinski definition) is 0. The van der Waals surface area contributed by atoms with E-state index in [0.717, 1.165) is 0 Å². The zero-order chi connectivity index (χ0) is 0. The van der Waals surface area contributed by atoms with Gasteiger partial charge in [-0.2, -0.15) is 192 Å². The van der Waals surface area contributed by atoms with E-state index >= 15 is 0 Å². The van der Waals surface area contributed by atoms with Crippen molar-refractivity contribution in [3.8, 4) is 0 Å². The van der Waals surface area contributed by atoms with Crippen molar-refractivity contribution in [1.82, 2.24) is 0 Å². The van der Waals surface area contributed by atoms with Gasteiger partial charge in [0.15, 0.2) is 0 Å². The Hall–Kier alpha value is 12.1. The largest absolute Gasteiger partial charge is 0.197 e. The second kappa shape index (κ2) is 730. The van der Waals surface area contributed by atoms with Crippen LogP contribution in [0.25, 0.3) is 0 Å². The smallest absolute Gasteiger partial charge is 0 e. The van der Waals surface area contributed by atoms with E-state index in [-0.39, 0.29) is 507 Å². The summed E-state index contributed by atoms with van der Waals surface area (Å²) in [6.45, 7) is 0. The van der Waals surface area contributed by atoms with Crippen LogP contribution in [0.1, 0.15) is 106 Å². The van der Waals surface area contributed by atoms with Crippen LogP contribution in [0.15, 0.2) is 0 Å². The Morgan fingerprint density at radius 1 is 0.216 bits per heavy atom. The molecule has 0 aliphatic rings. The molecule has 0 aromatic heterocycles. The molecule has 25 heteroatoms. The summed E-state index contributed by atoms with van der Waals surface area (Å²) in [6, 6.07) is 0. The third-order valence-electron chi connectivity index (χ3n) is 0. The molecule has 3 unspecified atom stereocenters. The van der Waals surface area contributed by atoms with Crippen LogP contribution >= 0.6 is 264 Å². The minimum absolute atomic E-state index is 0. The monoisotopic (exact) mass is 1880 g/mol. The van der Waals surface area contributed by atoms with E-state index in [1.165, 1.54) is 0 Å². The van der Waals surface area contributed by atoms with E-state index in [0.29, 0.717) is 0 Å². The molecule has 0 aromatic carbocycles. The molecule has 0 rings (SSSR count). The second-order valence-corrected chi connectivity index (χ2v) is 0. The normalized spacial score (nSPS) is 0. The average molecular weight is 1880 g/mol. The standard InChI is InChI=1S/12CH4.3HI.3H3P.12H2S.4V.3W.12H2/h12*1H4;3*1H;3*1H3;12*1H2;;;;;;;;12*1H/i;;;;;;;;;;;;;;;;;;;;;;;;;;;;;;;;;;;;;6*1+2;6*1+1. The van der Waals surface area contributed by atoms with Crippen LogP contribution in [0, 0.1) is 0 Å². The quantitative estimate of drug-likeness (QED) is 0.168. The van der Waals surface area contributed by atoms with Crippen LogP contribution in [0.2, 0.25) is 0 Å². The van der Waals surface area contributed by atoms with E-state index in [1.807, 2.05) is 0 Å². The zero-order valence-corrected chi connectivity index (χ0v) is 50.0. The molecule has 0 N–H and O–H groups in total. The summed E-state index contributed by atoms with van der Waals surface area (Å²) in [6.07, 6.45) is 0. The van der Waals surface area contributed by atoms with Crippen molar-refractivity contribution >= 4 is 264 Å². The van der Waals surface area contributed by atoms with Gasteiger partial charge in [-0.05, 0) is 0 Å². The van der Waals surface area contributed by atoms with Crippen molar-refractivity contribution in [1.29, 1.82) is 0 Å². The van der Waals surface area contributed by atoms with Crippen molar-refractivity contribution < 1.29 is 155 Å². The molecule has 0 nitrogen and oxygen atoms in total. The Bertz CT molecular complexity index is 124. The van der Waals surface area contributed by atoms with Gasteiger partial charge in [-0.3, -0.25) is 0 Å². The molecule has 37 heavy (non-hydrogen) atoms. The molecule has 0 fully saturated rings. The molecular formula is C12H108I3P3S12V4W3. The van der Waals surface area contributed by atoms with Gasteiger partial charge in [0.05, 0.1) is 0 Å². The summed E-state index contributed by atoms with van der Waals surface area (Å²) in [7, 11) is 0. The van der Waals surface area contributed by atoms with Crippen LogP contribution < -0.4 is 0 Å². The Morgan fingerprint density at radius 3 is 0.216 bits per heavy atom. The van der Waals surface area contributed by atoms with Crippen molar-refractivity contribution in [3.05, 3.63) is 0 Å². The fourth-order valence-corrected chi connectivity index (χ4v) is 0. The minimum atomic E-state index is 0. The molecule has 302 valence electrons. The summed E-state index contributed by atoms with van der Waals surface area (Å²) in [5.74, 6) is 0. The number of halogens is 3. The van der Waals surface area contributed by atoms with Crippen LogP contribution in [0.4, 0.5) is 0 Å². The minimum Gasteiger partial charge on any atom is -0.197 e. The second-order valence-electron chi connectivity index (χ2n) is 0. The summed E-state index contributed by atoms with van der Waals surface area (Å²) >= 11 is 0. The van der Waals surface area contributed by atoms with Crippen LogP contribution in [-0.2, 0) is 137 Å². The molecule has 0 aliphatic carbocycles. The third-order valence-corrected chi connectivity index (χ3v) is 0. The molecular weight excluding hydrogens is 1760 g/mol. The molecule has 0 saturated heterocycles. The van der Waals surface area contributed by atoms with E-state index in [9.17, 15) is 0 Å². The Kier molecular flexibility index (Phi) is 15300. The maximum absolute atomic E-state index is 0. The molecule has 0 spiro atoms. The first-order chi connectivity index (χ1) is 0. The predicted molar refractivity (Wildman–Crippen MR) is 310 cm³/mol. The molecule has 0 bridgehead atoms. The van der Waals surface area contributed by atoms with Gasteiger partial charge in [0.1, 0.15) is 0 Å². The SMILES string of the molecule is C.C.C.C.C.C.C.C.C.C.C.C.I.I.I.P.P.P.S.S.S.S.S.S.S.S.S.S.S.S.[2HH].[2HH].[2HH].[2HH].[2HH].[2HH].[3HH].[3HH].[3HH].[3HH].[3HH].[3HH].[V].[V].[V].[V].[W].[W].[W]. The van der Waals surface area contributed by atoms with Crippen LogP contribution in [0.5, 0.6) is 0 Å². The summed E-state index contributed by atoms with van der Waals surface area (Å²) < 4.78 is 0. The van der Waals surface area contributed by atoms with Gasteiger partial charge in [0.2, 0.25) is 0 Å². The van der Waals surface area contributed by atoms with Gasteiger partial charge >= 0.3 is 0 Å². The van der Waals surface area contributed by atoms with E-state index in [2.05, 4.69) is 0 Å². The van der Waals surface area contributed by atoms with Crippen molar-refractivity contribution in [2.45, 2.75) is 89.1 Å². The van der Waals surface area contributed by atoms with Crippen molar-refractivity contribution in [2.24, 2.45) is 0 Å². The molecule has 3 atom stereocenters. The zero-order valence-electron chi connectivity index (χ0n) is 12.4. The summed E-state index contributed by atoms with van der Waals surface area (Å²) in [5.41, 5.74) is 0. The van der Waals surface area contributed by atoms with E-state index in [1.54, 1.807) is 0 Å². The first-order valence-corrected chi connectivity index (χ1v) is 0. The van der Waals surface area contributed by atoms with Gasteiger partial charge in [-0.15, -0.1) is 71.9 Å². The third kappa shape index (κ3) is 699. The van der Waals surface area contributed by atoms with Gasteiger partial charge in [0, 0.05) is 155 Å². The fraction of sp³-hybridized carbons (Fsp3) is 1.00. The van der Waals surface area contributed by atoms with Crippen LogP contribution in [0.3, 0.4) is 0 Å². The molecule has 0 heterocycles. The Labute approximate surface area is 498 Å². The van der Waals surface area contributed by atoms with E-state index in [4.69, 9.17) is 0 Å². The van der Waals surface area contributed by atoms with Crippen molar-refractivity contribution in [2.75, 3.05) is 0 Å². The van der Waals surface area contributed by atoms with Crippen molar-refractivity contribution in [3.63, 3.8) is 0 Å². The molecule has 0 aromatic rings. The predicted octanol–water partition coefficient (Wildman–Crippen LogP) is 13.9.